The van der Waals surface area contributed by atoms with E-state index in [1.54, 1.807) is 0 Å². The van der Waals surface area contributed by atoms with Crippen LogP contribution >= 0.6 is 0 Å². The molecule has 1 saturated carbocycles. The summed E-state index contributed by atoms with van der Waals surface area (Å²) < 4.78 is 0. The molecule has 2 fully saturated rings. The third kappa shape index (κ3) is 1.98. The minimum absolute atomic E-state index is 0.587. The molecule has 1 N–H and O–H groups in total. The minimum Gasteiger partial charge on any atom is -0.316 e. The van der Waals surface area contributed by atoms with Crippen LogP contribution in [-0.4, -0.2) is 13.1 Å². The molecule has 1 atom stereocenters. The predicted octanol–water partition coefficient (Wildman–Crippen LogP) is 3.20. The average molecular weight is 195 g/mol. The third-order valence-corrected chi connectivity index (χ3v) is 4.76. The van der Waals surface area contributed by atoms with Gasteiger partial charge >= 0.3 is 0 Å². The van der Waals surface area contributed by atoms with E-state index in [1.807, 2.05) is 0 Å². The lowest BCUT2D eigenvalue weighted by molar-refractivity contribution is 0.0949. The Morgan fingerprint density at radius 2 is 1.57 bits per heavy atom. The van der Waals surface area contributed by atoms with Crippen LogP contribution in [0.4, 0.5) is 0 Å². The first-order chi connectivity index (χ1) is 6.71. The van der Waals surface area contributed by atoms with Crippen molar-refractivity contribution in [1.82, 2.24) is 5.32 Å². The highest BCUT2D eigenvalue weighted by Crippen LogP contribution is 2.46. The monoisotopic (exact) mass is 195 g/mol. The molecule has 0 aromatic heterocycles. The molecule has 14 heavy (non-hydrogen) atoms. The molecule has 2 aliphatic rings. The lowest BCUT2D eigenvalue weighted by Crippen LogP contribution is -2.41. The molecule has 0 aromatic carbocycles. The maximum Gasteiger partial charge on any atom is -0.00153 e. The number of hydrogen-bond donors (Lipinski definition) is 1. The van der Waals surface area contributed by atoms with Gasteiger partial charge in [-0.3, -0.25) is 0 Å². The second kappa shape index (κ2) is 4.22. The highest BCUT2D eigenvalue weighted by molar-refractivity contribution is 4.90. The van der Waals surface area contributed by atoms with Crippen molar-refractivity contribution in [2.75, 3.05) is 13.1 Å². The molecule has 0 amide bonds. The molecule has 1 heterocycles. The van der Waals surface area contributed by atoms with E-state index in [2.05, 4.69) is 19.2 Å². The van der Waals surface area contributed by atoms with E-state index >= 15 is 0 Å². The Bertz CT molecular complexity index is 174. The first-order valence-electron chi connectivity index (χ1n) is 6.42. The van der Waals surface area contributed by atoms with Gasteiger partial charge in [-0.2, -0.15) is 0 Å². The number of nitrogens with one attached hydrogen (secondary N) is 1. The number of piperidine rings is 1. The first-order valence-corrected chi connectivity index (χ1v) is 6.42. The van der Waals surface area contributed by atoms with Crippen LogP contribution in [0.5, 0.6) is 0 Å². The molecule has 82 valence electrons. The SMILES string of the molecule is CC(C)(C1CCCC1)C1CCCNC1. The van der Waals surface area contributed by atoms with Crippen LogP contribution in [0, 0.1) is 17.3 Å². The summed E-state index contributed by atoms with van der Waals surface area (Å²) in [5.74, 6) is 1.94. The van der Waals surface area contributed by atoms with Crippen LogP contribution in [0.3, 0.4) is 0 Å². The van der Waals surface area contributed by atoms with Crippen LogP contribution in [0.25, 0.3) is 0 Å². The third-order valence-electron chi connectivity index (χ3n) is 4.76. The summed E-state index contributed by atoms with van der Waals surface area (Å²) in [7, 11) is 0. The highest BCUT2D eigenvalue weighted by atomic mass is 14.9. The maximum absolute atomic E-state index is 3.56. The summed E-state index contributed by atoms with van der Waals surface area (Å²) >= 11 is 0. The van der Waals surface area contributed by atoms with Crippen molar-refractivity contribution in [3.05, 3.63) is 0 Å². The fraction of sp³-hybridized carbons (Fsp3) is 1.00. The summed E-state index contributed by atoms with van der Waals surface area (Å²) in [6, 6.07) is 0. The smallest absolute Gasteiger partial charge is 0.00153 e. The van der Waals surface area contributed by atoms with Crippen molar-refractivity contribution < 1.29 is 0 Å². The lowest BCUT2D eigenvalue weighted by atomic mass is 9.66. The van der Waals surface area contributed by atoms with Gasteiger partial charge in [-0.05, 0) is 56.0 Å². The highest BCUT2D eigenvalue weighted by Gasteiger charge is 2.38. The quantitative estimate of drug-likeness (QED) is 0.713. The van der Waals surface area contributed by atoms with Gasteiger partial charge in [0.1, 0.15) is 0 Å². The summed E-state index contributed by atoms with van der Waals surface area (Å²) in [6.45, 7) is 7.54. The second-order valence-corrected chi connectivity index (χ2v) is 5.85. The van der Waals surface area contributed by atoms with Gasteiger partial charge in [-0.15, -0.1) is 0 Å². The van der Waals surface area contributed by atoms with Gasteiger partial charge in [0.05, 0.1) is 0 Å². The van der Waals surface area contributed by atoms with E-state index in [9.17, 15) is 0 Å². The zero-order valence-electron chi connectivity index (χ0n) is 9.81. The zero-order chi connectivity index (χ0) is 10.0. The predicted molar refractivity (Wildman–Crippen MR) is 61.3 cm³/mol. The molecule has 0 radical (unpaired) electrons. The standard InChI is InChI=1S/C13H25N/c1-13(2,11-6-3-4-7-11)12-8-5-9-14-10-12/h11-12,14H,3-10H2,1-2H3. The Hall–Kier alpha value is -0.0400. The first kappa shape index (κ1) is 10.5. The second-order valence-electron chi connectivity index (χ2n) is 5.85. The van der Waals surface area contributed by atoms with Gasteiger partial charge < -0.3 is 5.32 Å². The van der Waals surface area contributed by atoms with Crippen LogP contribution in [0.1, 0.15) is 52.4 Å². The van der Waals surface area contributed by atoms with E-state index in [-0.39, 0.29) is 0 Å². The summed E-state index contributed by atoms with van der Waals surface area (Å²) in [5, 5.41) is 3.56. The molecule has 1 aliphatic heterocycles. The molecule has 1 saturated heterocycles. The van der Waals surface area contributed by atoms with Crippen molar-refractivity contribution in [1.29, 1.82) is 0 Å². The summed E-state index contributed by atoms with van der Waals surface area (Å²) in [5.41, 5.74) is 0.587. The molecule has 2 rings (SSSR count). The molecule has 1 aliphatic carbocycles. The van der Waals surface area contributed by atoms with E-state index in [4.69, 9.17) is 0 Å². The zero-order valence-corrected chi connectivity index (χ0v) is 9.81. The van der Waals surface area contributed by atoms with Crippen LogP contribution in [-0.2, 0) is 0 Å². The Morgan fingerprint density at radius 3 is 2.14 bits per heavy atom. The summed E-state index contributed by atoms with van der Waals surface area (Å²) in [4.78, 5) is 0. The van der Waals surface area contributed by atoms with Crippen LogP contribution < -0.4 is 5.32 Å². The molecule has 1 nitrogen and oxygen atoms in total. The van der Waals surface area contributed by atoms with Gasteiger partial charge in [-0.1, -0.05) is 26.7 Å². The van der Waals surface area contributed by atoms with Crippen LogP contribution in [0.2, 0.25) is 0 Å². The molecular weight excluding hydrogens is 170 g/mol. The molecule has 0 bridgehead atoms. The van der Waals surface area contributed by atoms with Gasteiger partial charge in [0.25, 0.3) is 0 Å². The Morgan fingerprint density at radius 1 is 0.929 bits per heavy atom. The van der Waals surface area contributed by atoms with Crippen molar-refractivity contribution in [2.24, 2.45) is 17.3 Å². The van der Waals surface area contributed by atoms with Crippen molar-refractivity contribution >= 4 is 0 Å². The minimum atomic E-state index is 0.587. The lowest BCUT2D eigenvalue weighted by Gasteiger charge is -2.42. The normalized spacial score (nSPS) is 30.9. The van der Waals surface area contributed by atoms with Crippen LogP contribution in [0.15, 0.2) is 0 Å². The molecule has 1 heteroatoms. The molecule has 0 spiro atoms. The topological polar surface area (TPSA) is 12.0 Å². The van der Waals surface area contributed by atoms with Gasteiger partial charge in [-0.25, -0.2) is 0 Å². The molecule has 1 unspecified atom stereocenters. The number of rotatable bonds is 2. The van der Waals surface area contributed by atoms with Crippen molar-refractivity contribution in [3.63, 3.8) is 0 Å². The van der Waals surface area contributed by atoms with E-state index in [1.165, 1.54) is 51.6 Å². The van der Waals surface area contributed by atoms with E-state index < -0.39 is 0 Å². The van der Waals surface area contributed by atoms with Gasteiger partial charge in [0.15, 0.2) is 0 Å². The molecular formula is C13H25N. The fourth-order valence-corrected chi connectivity index (χ4v) is 3.49. The Kier molecular flexibility index (Phi) is 3.16. The van der Waals surface area contributed by atoms with E-state index in [0.29, 0.717) is 5.41 Å². The number of hydrogen-bond acceptors (Lipinski definition) is 1. The fourth-order valence-electron chi connectivity index (χ4n) is 3.49. The average Bonchev–Trinajstić information content (AvgIpc) is 2.72. The largest absolute Gasteiger partial charge is 0.316 e. The van der Waals surface area contributed by atoms with Crippen molar-refractivity contribution in [3.8, 4) is 0 Å². The van der Waals surface area contributed by atoms with Gasteiger partial charge in [0, 0.05) is 0 Å². The van der Waals surface area contributed by atoms with Crippen molar-refractivity contribution in [2.45, 2.75) is 52.4 Å². The Labute approximate surface area is 88.7 Å². The molecule has 0 aromatic rings. The Balaban J connectivity index is 1.97. The van der Waals surface area contributed by atoms with E-state index in [0.717, 1.165) is 11.8 Å². The maximum atomic E-state index is 3.56. The van der Waals surface area contributed by atoms with Gasteiger partial charge in [0.2, 0.25) is 0 Å². The summed E-state index contributed by atoms with van der Waals surface area (Å²) in [6.07, 6.45) is 8.78.